The van der Waals surface area contributed by atoms with Crippen molar-refractivity contribution < 1.29 is 19.7 Å². The van der Waals surface area contributed by atoms with Gasteiger partial charge in [0.25, 0.3) is 0 Å². The molecular weight excluding hydrogens is 328 g/mol. The Morgan fingerprint density at radius 3 is 2.46 bits per heavy atom. The second-order valence-electron chi connectivity index (χ2n) is 9.69. The molecular formula is C22H34O4. The molecule has 0 amide bonds. The van der Waals surface area contributed by atoms with Crippen molar-refractivity contribution in [2.24, 2.45) is 22.7 Å². The van der Waals surface area contributed by atoms with Gasteiger partial charge in [0.05, 0.1) is 25.9 Å². The van der Waals surface area contributed by atoms with Crippen molar-refractivity contribution in [3.8, 4) is 0 Å². The van der Waals surface area contributed by atoms with Crippen LogP contribution in [0.2, 0.25) is 0 Å². The molecule has 3 aliphatic carbocycles. The average molecular weight is 363 g/mol. The molecule has 0 radical (unpaired) electrons. The smallest absolute Gasteiger partial charge is 0.192 e. The molecule has 1 aliphatic heterocycles. The molecule has 0 aromatic heterocycles. The molecule has 4 aliphatic rings. The number of fused-ring (bicyclic) bond motifs is 3. The number of aliphatic hydroxyl groups is 2. The molecule has 4 rings (SSSR count). The lowest BCUT2D eigenvalue weighted by Crippen LogP contribution is -2.33. The maximum atomic E-state index is 10.5. The fourth-order valence-electron chi connectivity index (χ4n) is 6.28. The van der Waals surface area contributed by atoms with Gasteiger partial charge in [0.1, 0.15) is 0 Å². The van der Waals surface area contributed by atoms with E-state index in [1.54, 1.807) is 0 Å². The number of ether oxygens (including phenoxy) is 2. The lowest BCUT2D eigenvalue weighted by atomic mass is 9.66. The van der Waals surface area contributed by atoms with Crippen molar-refractivity contribution in [2.45, 2.75) is 71.7 Å². The van der Waals surface area contributed by atoms with Crippen LogP contribution in [0.3, 0.4) is 0 Å². The molecule has 0 unspecified atom stereocenters. The first-order chi connectivity index (χ1) is 12.3. The Morgan fingerprint density at radius 1 is 1.15 bits per heavy atom. The van der Waals surface area contributed by atoms with Gasteiger partial charge in [0.15, 0.2) is 5.79 Å². The summed E-state index contributed by atoms with van der Waals surface area (Å²) in [6.45, 7) is 10.5. The van der Waals surface area contributed by atoms with Crippen molar-refractivity contribution in [3.05, 3.63) is 22.8 Å². The number of hydrogen-bond donors (Lipinski definition) is 2. The Balaban J connectivity index is 1.92. The number of rotatable bonds is 2. The lowest BCUT2D eigenvalue weighted by Gasteiger charge is -2.40. The first-order valence-corrected chi connectivity index (χ1v) is 10.3. The molecule has 1 heterocycles. The third-order valence-electron chi connectivity index (χ3n) is 7.91. The normalized spacial score (nSPS) is 42.0. The minimum Gasteiger partial charge on any atom is -0.392 e. The Bertz CT molecular complexity index is 643. The second kappa shape index (κ2) is 6.16. The van der Waals surface area contributed by atoms with Gasteiger partial charge in [-0.3, -0.25) is 0 Å². The lowest BCUT2D eigenvalue weighted by molar-refractivity contribution is -0.125. The van der Waals surface area contributed by atoms with E-state index in [1.165, 1.54) is 5.57 Å². The van der Waals surface area contributed by atoms with E-state index < -0.39 is 11.9 Å². The van der Waals surface area contributed by atoms with Gasteiger partial charge in [0.2, 0.25) is 0 Å². The van der Waals surface area contributed by atoms with Crippen LogP contribution in [-0.2, 0) is 9.47 Å². The van der Waals surface area contributed by atoms with Gasteiger partial charge < -0.3 is 19.7 Å². The molecule has 2 fully saturated rings. The number of hydrogen-bond acceptors (Lipinski definition) is 4. The molecule has 2 N–H and O–H groups in total. The van der Waals surface area contributed by atoms with Gasteiger partial charge in [0, 0.05) is 6.42 Å². The minimum absolute atomic E-state index is 0.0129. The Kier molecular flexibility index (Phi) is 4.43. The zero-order chi connectivity index (χ0) is 18.7. The Hall–Kier alpha value is -0.680. The number of aliphatic hydroxyl groups excluding tert-OH is 2. The summed E-state index contributed by atoms with van der Waals surface area (Å²) in [6.07, 6.45) is 6.53. The van der Waals surface area contributed by atoms with Gasteiger partial charge in [-0.05, 0) is 65.1 Å². The Morgan fingerprint density at radius 2 is 1.85 bits per heavy atom. The van der Waals surface area contributed by atoms with Crippen LogP contribution < -0.4 is 0 Å². The van der Waals surface area contributed by atoms with E-state index in [1.807, 2.05) is 0 Å². The molecule has 1 saturated carbocycles. The topological polar surface area (TPSA) is 58.9 Å². The van der Waals surface area contributed by atoms with Crippen LogP contribution in [0.4, 0.5) is 0 Å². The first-order valence-electron chi connectivity index (χ1n) is 10.3. The predicted molar refractivity (Wildman–Crippen MR) is 100 cm³/mol. The van der Waals surface area contributed by atoms with Crippen molar-refractivity contribution in [1.82, 2.24) is 0 Å². The average Bonchev–Trinajstić information content (AvgIpc) is 3.12. The van der Waals surface area contributed by atoms with E-state index >= 15 is 0 Å². The van der Waals surface area contributed by atoms with E-state index in [0.717, 1.165) is 43.3 Å². The van der Waals surface area contributed by atoms with Gasteiger partial charge >= 0.3 is 0 Å². The highest BCUT2D eigenvalue weighted by molar-refractivity contribution is 5.46. The van der Waals surface area contributed by atoms with E-state index in [2.05, 4.69) is 33.8 Å². The van der Waals surface area contributed by atoms with Crippen LogP contribution in [0.1, 0.15) is 59.8 Å². The zero-order valence-corrected chi connectivity index (χ0v) is 16.7. The van der Waals surface area contributed by atoms with E-state index in [0.29, 0.717) is 25.0 Å². The molecule has 4 nitrogen and oxygen atoms in total. The summed E-state index contributed by atoms with van der Waals surface area (Å²) in [5.41, 5.74) is 3.24. The van der Waals surface area contributed by atoms with Crippen molar-refractivity contribution in [2.75, 3.05) is 19.8 Å². The molecule has 0 aromatic carbocycles. The van der Waals surface area contributed by atoms with Crippen LogP contribution in [-0.4, -0.2) is 41.9 Å². The van der Waals surface area contributed by atoms with Crippen LogP contribution in [0.5, 0.6) is 0 Å². The van der Waals surface area contributed by atoms with Crippen molar-refractivity contribution in [1.29, 1.82) is 0 Å². The number of allylic oxidation sites excluding steroid dienone is 2. The van der Waals surface area contributed by atoms with E-state index in [4.69, 9.17) is 9.47 Å². The molecule has 146 valence electrons. The highest BCUT2D eigenvalue weighted by Crippen LogP contribution is 2.64. The Labute approximate surface area is 157 Å². The summed E-state index contributed by atoms with van der Waals surface area (Å²) in [5, 5.41) is 20.5. The summed E-state index contributed by atoms with van der Waals surface area (Å²) >= 11 is 0. The van der Waals surface area contributed by atoms with Crippen molar-refractivity contribution in [3.63, 3.8) is 0 Å². The van der Waals surface area contributed by atoms with Crippen LogP contribution in [0.25, 0.3) is 0 Å². The third kappa shape index (κ3) is 2.49. The molecule has 1 saturated heterocycles. The maximum absolute atomic E-state index is 10.5. The molecule has 1 spiro atoms. The molecule has 0 bridgehead atoms. The van der Waals surface area contributed by atoms with E-state index in [9.17, 15) is 10.2 Å². The largest absolute Gasteiger partial charge is 0.392 e. The standard InChI is InChI=1S/C22H34O4/c1-14(2)17-12-22(25-9-10-26-22)19-11-16-15(13-23)18(24)5-6-20(16,3)7-8-21(17,19)4/h11,14,17-18,23-24H,5-10,12-13H2,1-4H3/t17-,18+,20+,21-/m1/s1. The van der Waals surface area contributed by atoms with Crippen LogP contribution in [0, 0.1) is 22.7 Å². The summed E-state index contributed by atoms with van der Waals surface area (Å²) in [6, 6.07) is 0. The monoisotopic (exact) mass is 362 g/mol. The maximum Gasteiger partial charge on any atom is 0.192 e. The SMILES string of the molecule is CC(C)[C@H]1CC2(OCCO2)C2=CC3=C(CO)[C@@H](O)CC[C@@]3(C)CC[C@@]21C. The fourth-order valence-corrected chi connectivity index (χ4v) is 6.28. The predicted octanol–water partition coefficient (Wildman–Crippen LogP) is 3.58. The molecule has 4 atom stereocenters. The highest BCUT2D eigenvalue weighted by Gasteiger charge is 2.61. The fraction of sp³-hybridized carbons (Fsp3) is 0.818. The summed E-state index contributed by atoms with van der Waals surface area (Å²) < 4.78 is 12.5. The minimum atomic E-state index is -0.606. The van der Waals surface area contributed by atoms with Crippen LogP contribution in [0.15, 0.2) is 22.8 Å². The van der Waals surface area contributed by atoms with Gasteiger partial charge in [-0.2, -0.15) is 0 Å². The molecule has 4 heteroatoms. The van der Waals surface area contributed by atoms with Gasteiger partial charge in [-0.25, -0.2) is 0 Å². The highest BCUT2D eigenvalue weighted by atomic mass is 16.7. The van der Waals surface area contributed by atoms with Gasteiger partial charge in [-0.1, -0.05) is 33.8 Å². The summed E-state index contributed by atoms with van der Waals surface area (Å²) in [7, 11) is 0. The summed E-state index contributed by atoms with van der Waals surface area (Å²) in [5.74, 6) is 0.462. The van der Waals surface area contributed by atoms with Gasteiger partial charge in [-0.15, -0.1) is 0 Å². The van der Waals surface area contributed by atoms with Crippen LogP contribution >= 0.6 is 0 Å². The van der Waals surface area contributed by atoms with E-state index in [-0.39, 0.29) is 17.4 Å². The molecule has 26 heavy (non-hydrogen) atoms. The van der Waals surface area contributed by atoms with Crippen molar-refractivity contribution >= 4 is 0 Å². The second-order valence-corrected chi connectivity index (χ2v) is 9.69. The third-order valence-corrected chi connectivity index (χ3v) is 7.91. The first kappa shape index (κ1) is 18.7. The zero-order valence-electron chi connectivity index (χ0n) is 16.7. The quantitative estimate of drug-likeness (QED) is 0.788. The summed E-state index contributed by atoms with van der Waals surface area (Å²) in [4.78, 5) is 0. The molecule has 0 aromatic rings.